The number of benzene rings is 1. The van der Waals surface area contributed by atoms with Crippen molar-refractivity contribution in [2.24, 2.45) is 52.3 Å². The van der Waals surface area contributed by atoms with E-state index in [1.165, 1.54) is 76.2 Å². The van der Waals surface area contributed by atoms with Crippen LogP contribution in [0, 0.1) is 52.3 Å². The Labute approximate surface area is 255 Å². The number of rotatable bonds is 6. The minimum absolute atomic E-state index is 0.541. The molecule has 5 heteroatoms. The zero-order valence-electron chi connectivity index (χ0n) is 27.3. The van der Waals surface area contributed by atoms with Crippen LogP contribution in [0.3, 0.4) is 0 Å². The molecule has 1 aromatic heterocycles. The van der Waals surface area contributed by atoms with Crippen molar-refractivity contribution in [2.45, 2.75) is 124 Å². The SMILES string of the molecule is CC(C)CCC1O[C@H]2C[C@H]3[C@@H]4CCC5CCCC[C@]5(C)[C@H]4CC[C@]3(C)[C@H]2[C@@H]1C.COc1cn(Cc2ccccc2)nn1. The molecule has 0 spiro atoms. The van der Waals surface area contributed by atoms with Crippen molar-refractivity contribution in [1.82, 2.24) is 15.0 Å². The van der Waals surface area contributed by atoms with Crippen LogP contribution in [0.2, 0.25) is 0 Å². The maximum absolute atomic E-state index is 6.82. The second kappa shape index (κ2) is 12.3. The fraction of sp³-hybridized carbons (Fsp3) is 0.784. The summed E-state index contributed by atoms with van der Waals surface area (Å²) in [5, 5.41) is 7.75. The lowest BCUT2D eigenvalue weighted by molar-refractivity contribution is -0.115. The third-order valence-electron chi connectivity index (χ3n) is 13.1. The highest BCUT2D eigenvalue weighted by atomic mass is 16.5. The molecule has 42 heavy (non-hydrogen) atoms. The van der Waals surface area contributed by atoms with Crippen molar-refractivity contribution in [2.75, 3.05) is 7.11 Å². The molecule has 4 aliphatic carbocycles. The van der Waals surface area contributed by atoms with Gasteiger partial charge in [-0.1, -0.05) is 88.1 Å². The van der Waals surface area contributed by atoms with Crippen molar-refractivity contribution in [3.05, 3.63) is 42.1 Å². The van der Waals surface area contributed by atoms with Gasteiger partial charge in [0.1, 0.15) is 0 Å². The number of hydrogen-bond donors (Lipinski definition) is 0. The maximum Gasteiger partial charge on any atom is 0.253 e. The molecule has 2 unspecified atom stereocenters. The first-order valence-corrected chi connectivity index (χ1v) is 17.4. The van der Waals surface area contributed by atoms with E-state index in [0.29, 0.717) is 28.9 Å². The summed E-state index contributed by atoms with van der Waals surface area (Å²) in [6, 6.07) is 10.1. The van der Waals surface area contributed by atoms with Gasteiger partial charge in [0.15, 0.2) is 0 Å². The Hall–Kier alpha value is -1.88. The van der Waals surface area contributed by atoms with E-state index in [9.17, 15) is 0 Å². The lowest BCUT2D eigenvalue weighted by atomic mass is 9.44. The predicted molar refractivity (Wildman–Crippen MR) is 169 cm³/mol. The monoisotopic (exact) mass is 575 g/mol. The van der Waals surface area contributed by atoms with E-state index in [-0.39, 0.29) is 0 Å². The van der Waals surface area contributed by atoms with Gasteiger partial charge < -0.3 is 9.47 Å². The van der Waals surface area contributed by atoms with E-state index in [1.54, 1.807) is 18.0 Å². The molecule has 10 atom stereocenters. The van der Waals surface area contributed by atoms with Gasteiger partial charge in [0.25, 0.3) is 5.88 Å². The Bertz CT molecular complexity index is 1160. The molecule has 2 aromatic rings. The number of aromatic nitrogens is 3. The highest BCUT2D eigenvalue weighted by Crippen LogP contribution is 2.70. The largest absolute Gasteiger partial charge is 0.479 e. The second-order valence-corrected chi connectivity index (χ2v) is 15.7. The molecule has 0 bridgehead atoms. The van der Waals surface area contributed by atoms with Crippen LogP contribution in [0.1, 0.15) is 111 Å². The number of hydrogen-bond acceptors (Lipinski definition) is 4. The molecule has 0 amide bonds. The Kier molecular flexibility index (Phi) is 8.80. The average molecular weight is 576 g/mol. The van der Waals surface area contributed by atoms with Crippen LogP contribution in [-0.4, -0.2) is 34.3 Å². The molecule has 0 N–H and O–H groups in total. The molecule has 5 aliphatic rings. The van der Waals surface area contributed by atoms with Crippen LogP contribution in [0.25, 0.3) is 0 Å². The van der Waals surface area contributed by atoms with E-state index in [4.69, 9.17) is 9.47 Å². The molecule has 4 saturated carbocycles. The smallest absolute Gasteiger partial charge is 0.253 e. The molecule has 1 saturated heterocycles. The Morgan fingerprint density at radius 2 is 1.81 bits per heavy atom. The fourth-order valence-electron chi connectivity index (χ4n) is 11.0. The third-order valence-corrected chi connectivity index (χ3v) is 13.1. The summed E-state index contributed by atoms with van der Waals surface area (Å²) in [6.45, 7) is 13.4. The summed E-state index contributed by atoms with van der Waals surface area (Å²) < 4.78 is 13.5. The predicted octanol–water partition coefficient (Wildman–Crippen LogP) is 8.82. The van der Waals surface area contributed by atoms with Crippen molar-refractivity contribution in [1.29, 1.82) is 0 Å². The Morgan fingerprint density at radius 1 is 1.00 bits per heavy atom. The summed E-state index contributed by atoms with van der Waals surface area (Å²) >= 11 is 0. The Balaban J connectivity index is 0.000000189. The quantitative estimate of drug-likeness (QED) is 0.345. The van der Waals surface area contributed by atoms with Gasteiger partial charge in [0, 0.05) is 0 Å². The van der Waals surface area contributed by atoms with E-state index < -0.39 is 0 Å². The van der Waals surface area contributed by atoms with Crippen LogP contribution < -0.4 is 4.74 Å². The number of nitrogens with zero attached hydrogens (tertiary/aromatic N) is 3. The van der Waals surface area contributed by atoms with E-state index >= 15 is 0 Å². The van der Waals surface area contributed by atoms with Crippen molar-refractivity contribution in [3.63, 3.8) is 0 Å². The molecule has 1 aromatic carbocycles. The average Bonchev–Trinajstić information content (AvgIpc) is 3.65. The molecule has 5 nitrogen and oxygen atoms in total. The van der Waals surface area contributed by atoms with Gasteiger partial charge in [0.2, 0.25) is 0 Å². The normalized spacial score (nSPS) is 40.4. The zero-order chi connectivity index (χ0) is 29.5. The minimum atomic E-state index is 0.541. The number of ether oxygens (including phenoxy) is 2. The standard InChI is InChI=1S/C27H46O.C10H11N3O/c1-17(2)9-12-23-18(3)25-24(28-23)16-22-20-11-10-19-8-6-7-14-26(19,4)21(20)13-15-27(22,25)5;1-14-10-8-13(12-11-10)7-9-5-3-2-4-6-9/h17-25H,6-16H2,1-5H3;2-6,8H,7H2,1H3/t18-,19?,20-,21+,22+,23?,24+,25+,26+,27+;/m1./s1. The number of fused-ring (bicyclic) bond motifs is 7. The van der Waals surface area contributed by atoms with Crippen LogP contribution in [0.15, 0.2) is 36.5 Å². The van der Waals surface area contributed by atoms with Crippen molar-refractivity contribution < 1.29 is 9.47 Å². The highest BCUT2D eigenvalue weighted by Gasteiger charge is 2.65. The van der Waals surface area contributed by atoms with Crippen LogP contribution >= 0.6 is 0 Å². The second-order valence-electron chi connectivity index (χ2n) is 15.7. The molecular formula is C37H57N3O2. The summed E-state index contributed by atoms with van der Waals surface area (Å²) in [7, 11) is 1.58. The van der Waals surface area contributed by atoms with Gasteiger partial charge in [-0.05, 0) is 116 Å². The maximum atomic E-state index is 6.82. The molecule has 5 fully saturated rings. The summed E-state index contributed by atoms with van der Waals surface area (Å²) in [6.07, 6.45) is 19.1. The molecule has 1 aliphatic heterocycles. The van der Waals surface area contributed by atoms with Crippen LogP contribution in [-0.2, 0) is 11.3 Å². The number of methoxy groups -OCH3 is 1. The zero-order valence-corrected chi connectivity index (χ0v) is 27.3. The lowest BCUT2D eigenvalue weighted by Gasteiger charge is -2.60. The van der Waals surface area contributed by atoms with E-state index in [0.717, 1.165) is 48.0 Å². The summed E-state index contributed by atoms with van der Waals surface area (Å²) in [5.74, 6) is 6.99. The summed E-state index contributed by atoms with van der Waals surface area (Å²) in [4.78, 5) is 0. The lowest BCUT2D eigenvalue weighted by Crippen LogP contribution is -2.53. The van der Waals surface area contributed by atoms with E-state index in [2.05, 4.69) is 44.9 Å². The van der Waals surface area contributed by atoms with Gasteiger partial charge in [-0.25, -0.2) is 4.68 Å². The first-order chi connectivity index (χ1) is 20.2. The van der Waals surface area contributed by atoms with Crippen LogP contribution in [0.5, 0.6) is 5.88 Å². The Morgan fingerprint density at radius 3 is 2.55 bits per heavy atom. The molecule has 0 radical (unpaired) electrons. The van der Waals surface area contributed by atoms with E-state index in [1.807, 2.05) is 30.3 Å². The first-order valence-electron chi connectivity index (χ1n) is 17.4. The molecule has 7 rings (SSSR count). The minimum Gasteiger partial charge on any atom is -0.479 e. The van der Waals surface area contributed by atoms with Crippen LogP contribution in [0.4, 0.5) is 0 Å². The topological polar surface area (TPSA) is 49.2 Å². The molecule has 232 valence electrons. The van der Waals surface area contributed by atoms with Crippen molar-refractivity contribution in [3.8, 4) is 5.88 Å². The highest BCUT2D eigenvalue weighted by molar-refractivity contribution is 5.16. The molecule has 2 heterocycles. The van der Waals surface area contributed by atoms with Crippen molar-refractivity contribution >= 4 is 0 Å². The van der Waals surface area contributed by atoms with Gasteiger partial charge in [-0.15, -0.1) is 0 Å². The van der Waals surface area contributed by atoms with Gasteiger partial charge in [0.05, 0.1) is 32.1 Å². The van der Waals surface area contributed by atoms with Gasteiger partial charge in [-0.2, -0.15) is 0 Å². The first kappa shape index (κ1) is 30.2. The van der Waals surface area contributed by atoms with Gasteiger partial charge in [-0.3, -0.25) is 0 Å². The molecular weight excluding hydrogens is 518 g/mol. The van der Waals surface area contributed by atoms with Gasteiger partial charge >= 0.3 is 0 Å². The third kappa shape index (κ3) is 5.57. The summed E-state index contributed by atoms with van der Waals surface area (Å²) in [5.41, 5.74) is 2.43. The fourth-order valence-corrected chi connectivity index (χ4v) is 11.0.